The van der Waals surface area contributed by atoms with Crippen molar-refractivity contribution in [1.29, 1.82) is 0 Å². The standard InChI is InChI=1S/C56H69N13O12/c1-31(2)23-42(66-55(78)45-12-8-22-69(45)48(71)26-36-27-49(72)81-46-28-39(80-4)19-20-40(36)46)52(75)62-30-47(70)64-43(25-33-13-14-34-9-5-6-10-35(34)24-33)53(76)67-44(29-61-37-15-17-38(68-79)18-16-37)54(77)63-32(3)51(74)65-41(50(57)73)11-7-21-60-56(58)59/h5-6,9-10,13-20,24,27-28,31-32,41-45,61H,7-8,11-12,21-23,25-26,29-30H2,1-4H3,(H2,57,73)(H,62,75)(H,63,77)(H,64,70)(H,65,74)(H,66,78)(H,67,76)(H4,58,59,60). The molecular formula is C56H69N13O12. The Morgan fingerprint density at radius 2 is 1.48 bits per heavy atom. The maximum absolute atomic E-state index is 14.5. The molecule has 1 aromatic heterocycles. The fourth-order valence-electron chi connectivity index (χ4n) is 9.21. The van der Waals surface area contributed by atoms with E-state index < -0.39 is 95.7 Å². The van der Waals surface area contributed by atoms with Crippen molar-refractivity contribution in [3.63, 3.8) is 0 Å². The highest BCUT2D eigenvalue weighted by molar-refractivity contribution is 5.98. The number of hydrogen-bond acceptors (Lipinski definition) is 15. The van der Waals surface area contributed by atoms with Gasteiger partial charge in [0.15, 0.2) is 5.96 Å². The number of hydrogen-bond donors (Lipinski definition) is 10. The summed E-state index contributed by atoms with van der Waals surface area (Å²) in [5.41, 5.74) is 17.5. The van der Waals surface area contributed by atoms with Crippen molar-refractivity contribution in [2.24, 2.45) is 33.3 Å². The van der Waals surface area contributed by atoms with Crippen LogP contribution in [0.4, 0.5) is 11.4 Å². The zero-order chi connectivity index (χ0) is 58.8. The lowest BCUT2D eigenvalue weighted by Gasteiger charge is -2.27. The number of fused-ring (bicyclic) bond motifs is 2. The molecular weight excluding hydrogens is 1050 g/mol. The summed E-state index contributed by atoms with van der Waals surface area (Å²) in [4.78, 5) is 139. The van der Waals surface area contributed by atoms with E-state index in [0.29, 0.717) is 40.8 Å². The molecule has 6 atom stereocenters. The van der Waals surface area contributed by atoms with Crippen LogP contribution in [-0.2, 0) is 51.2 Å². The van der Waals surface area contributed by atoms with E-state index in [0.717, 1.165) is 10.8 Å². The molecule has 25 heteroatoms. The van der Waals surface area contributed by atoms with Crippen molar-refractivity contribution in [3.05, 3.63) is 117 Å². The van der Waals surface area contributed by atoms with Gasteiger partial charge in [-0.2, -0.15) is 0 Å². The molecule has 8 amide bonds. The summed E-state index contributed by atoms with van der Waals surface area (Å²) < 4.78 is 10.6. The van der Waals surface area contributed by atoms with Crippen molar-refractivity contribution in [2.75, 3.05) is 38.6 Å². The fraction of sp³-hybridized carbons (Fsp3) is 0.393. The maximum Gasteiger partial charge on any atom is 0.336 e. The maximum atomic E-state index is 14.5. The van der Waals surface area contributed by atoms with Crippen LogP contribution in [0.3, 0.4) is 0 Å². The second-order valence-corrected chi connectivity index (χ2v) is 20.0. The third-order valence-electron chi connectivity index (χ3n) is 13.4. The number of rotatable bonds is 28. The number of carbonyl (C=O) groups is 8. The van der Waals surface area contributed by atoms with Crippen LogP contribution in [0.5, 0.6) is 5.75 Å². The lowest BCUT2D eigenvalue weighted by molar-refractivity contribution is -0.139. The number of amides is 8. The van der Waals surface area contributed by atoms with Gasteiger partial charge in [-0.15, -0.1) is 4.91 Å². The van der Waals surface area contributed by atoms with Crippen LogP contribution >= 0.6 is 0 Å². The average molecular weight is 1120 g/mol. The molecule has 13 N–H and O–H groups in total. The summed E-state index contributed by atoms with van der Waals surface area (Å²) >= 11 is 0. The number of carbonyl (C=O) groups excluding carboxylic acids is 8. The Balaban J connectivity index is 1.16. The molecule has 1 aliphatic heterocycles. The Morgan fingerprint density at radius 1 is 0.765 bits per heavy atom. The van der Waals surface area contributed by atoms with Gasteiger partial charge in [0.2, 0.25) is 47.3 Å². The predicted octanol–water partition coefficient (Wildman–Crippen LogP) is 1.39. The molecule has 0 radical (unpaired) electrons. The van der Waals surface area contributed by atoms with Gasteiger partial charge in [-0.3, -0.25) is 43.3 Å². The zero-order valence-electron chi connectivity index (χ0n) is 45.5. The highest BCUT2D eigenvalue weighted by Gasteiger charge is 2.37. The first kappa shape index (κ1) is 60.8. The van der Waals surface area contributed by atoms with Gasteiger partial charge in [0, 0.05) is 49.3 Å². The monoisotopic (exact) mass is 1120 g/mol. The van der Waals surface area contributed by atoms with Crippen molar-refractivity contribution in [2.45, 2.75) is 102 Å². The van der Waals surface area contributed by atoms with E-state index in [4.69, 9.17) is 26.4 Å². The summed E-state index contributed by atoms with van der Waals surface area (Å²) in [6.07, 6.45) is 1.05. The van der Waals surface area contributed by atoms with Gasteiger partial charge in [-0.1, -0.05) is 56.3 Å². The van der Waals surface area contributed by atoms with Gasteiger partial charge in [0.05, 0.1) is 20.1 Å². The van der Waals surface area contributed by atoms with Crippen molar-refractivity contribution >= 4 is 86.3 Å². The first-order valence-corrected chi connectivity index (χ1v) is 26.4. The van der Waals surface area contributed by atoms with Crippen LogP contribution in [0.15, 0.2) is 110 Å². The summed E-state index contributed by atoms with van der Waals surface area (Å²) in [5, 5.41) is 24.0. The summed E-state index contributed by atoms with van der Waals surface area (Å²) in [7, 11) is 1.47. The molecule has 430 valence electrons. The van der Waals surface area contributed by atoms with Gasteiger partial charge in [-0.05, 0) is 108 Å². The molecule has 4 aromatic carbocycles. The van der Waals surface area contributed by atoms with Gasteiger partial charge in [0.1, 0.15) is 53.3 Å². The van der Waals surface area contributed by atoms with E-state index in [9.17, 15) is 48.1 Å². The first-order chi connectivity index (χ1) is 38.7. The molecule has 25 nitrogen and oxygen atoms in total. The molecule has 1 aliphatic rings. The molecule has 0 saturated carbocycles. The Morgan fingerprint density at radius 3 is 2.17 bits per heavy atom. The van der Waals surface area contributed by atoms with Crippen LogP contribution in [0, 0.1) is 10.8 Å². The number of nitrogens with two attached hydrogens (primary N) is 3. The molecule has 5 aromatic rings. The number of nitrogens with zero attached hydrogens (tertiary/aromatic N) is 3. The van der Waals surface area contributed by atoms with Gasteiger partial charge in [-0.25, -0.2) is 4.79 Å². The SMILES string of the molecule is COc1ccc2c(CC(=O)N3CCCC3C(=O)NC(CC(C)C)C(=O)NCC(=O)NC(Cc3ccc4ccccc4c3)C(=O)NC(CNc3ccc(N=O)cc3)C(=O)NC(C)C(=O)NC(CCCN=C(N)N)C(N)=O)cc(=O)oc2c1. The number of ether oxygens (including phenoxy) is 1. The van der Waals surface area contributed by atoms with Gasteiger partial charge in [0.25, 0.3) is 0 Å². The fourth-order valence-corrected chi connectivity index (χ4v) is 9.21. The van der Waals surface area contributed by atoms with Gasteiger partial charge >= 0.3 is 5.63 Å². The van der Waals surface area contributed by atoms with Crippen LogP contribution in [0.25, 0.3) is 21.7 Å². The van der Waals surface area contributed by atoms with Crippen LogP contribution in [-0.4, -0.2) is 128 Å². The summed E-state index contributed by atoms with van der Waals surface area (Å²) in [5.74, 6) is -5.60. The Hall–Kier alpha value is -9.42. The normalized spacial score (nSPS) is 14.8. The second-order valence-electron chi connectivity index (χ2n) is 20.0. The minimum atomic E-state index is -1.44. The minimum Gasteiger partial charge on any atom is -0.497 e. The Kier molecular flexibility index (Phi) is 21.8. The molecule has 0 bridgehead atoms. The lowest BCUT2D eigenvalue weighted by Crippen LogP contribution is -2.59. The summed E-state index contributed by atoms with van der Waals surface area (Å²) in [6, 6.07) is 17.7. The minimum absolute atomic E-state index is 0.0849. The molecule has 2 heterocycles. The number of anilines is 1. The molecule has 6 unspecified atom stereocenters. The average Bonchev–Trinajstić information content (AvgIpc) is 4.07. The smallest absolute Gasteiger partial charge is 0.336 e. The Bertz CT molecular complexity index is 3200. The lowest BCUT2D eigenvalue weighted by atomic mass is 10.0. The molecule has 0 aliphatic carbocycles. The van der Waals surface area contributed by atoms with Crippen LogP contribution in [0.1, 0.15) is 64.0 Å². The van der Waals surface area contributed by atoms with Crippen LogP contribution < -0.4 is 64.8 Å². The zero-order valence-corrected chi connectivity index (χ0v) is 45.5. The molecule has 6 rings (SSSR count). The largest absolute Gasteiger partial charge is 0.497 e. The van der Waals surface area contributed by atoms with Crippen LogP contribution in [0.2, 0.25) is 0 Å². The van der Waals surface area contributed by atoms with Gasteiger partial charge < -0.3 is 68.5 Å². The van der Waals surface area contributed by atoms with Crippen molar-refractivity contribution < 1.29 is 47.5 Å². The number of primary amides is 1. The van der Waals surface area contributed by atoms with E-state index >= 15 is 0 Å². The second kappa shape index (κ2) is 29.0. The predicted molar refractivity (Wildman–Crippen MR) is 302 cm³/mol. The molecule has 1 saturated heterocycles. The highest BCUT2D eigenvalue weighted by atomic mass is 16.5. The number of guanidine groups is 1. The molecule has 81 heavy (non-hydrogen) atoms. The Labute approximate surface area is 466 Å². The molecule has 1 fully saturated rings. The van der Waals surface area contributed by atoms with E-state index in [1.165, 1.54) is 49.3 Å². The topological polar surface area (TPSA) is 383 Å². The third kappa shape index (κ3) is 17.8. The van der Waals surface area contributed by atoms with E-state index in [-0.39, 0.29) is 74.9 Å². The van der Waals surface area contributed by atoms with E-state index in [2.05, 4.69) is 47.4 Å². The first-order valence-electron chi connectivity index (χ1n) is 26.4. The van der Waals surface area contributed by atoms with Crippen molar-refractivity contribution in [3.8, 4) is 5.75 Å². The number of nitrogens with one attached hydrogen (secondary N) is 7. The number of aliphatic imine (C=N–C) groups is 1. The quantitative estimate of drug-likeness (QED) is 0.0111. The van der Waals surface area contributed by atoms with E-state index in [1.807, 2.05) is 50.2 Å². The number of benzene rings is 4. The molecule has 0 spiro atoms. The van der Waals surface area contributed by atoms with E-state index in [1.54, 1.807) is 24.3 Å². The third-order valence-corrected chi connectivity index (χ3v) is 13.4. The van der Waals surface area contributed by atoms with Crippen molar-refractivity contribution in [1.82, 2.24) is 36.8 Å². The highest BCUT2D eigenvalue weighted by Crippen LogP contribution is 2.26. The number of methoxy groups -OCH3 is 1. The number of likely N-dealkylation sites (tertiary alicyclic amines) is 1. The number of nitroso groups, excluding NO2 is 1. The summed E-state index contributed by atoms with van der Waals surface area (Å²) in [6.45, 7) is 4.54.